The van der Waals surface area contributed by atoms with Gasteiger partial charge in [-0.3, -0.25) is 0 Å². The van der Waals surface area contributed by atoms with Crippen LogP contribution in [0.25, 0.3) is 22.3 Å². The number of ether oxygens (including phenoxy) is 1. The van der Waals surface area contributed by atoms with Gasteiger partial charge in [0, 0.05) is 12.2 Å². The molecule has 0 aromatic heterocycles. The zero-order chi connectivity index (χ0) is 34.4. The van der Waals surface area contributed by atoms with Gasteiger partial charge in [0.2, 0.25) is 0 Å². The quantitative estimate of drug-likeness (QED) is 0.0876. The molecule has 0 fully saturated rings. The fraction of sp³-hybridized carbons (Fsp3) is 0.578. The molecule has 0 aliphatic rings. The lowest BCUT2D eigenvalue weighted by atomic mass is 9.78. The highest BCUT2D eigenvalue weighted by molar-refractivity contribution is 5.99. The van der Waals surface area contributed by atoms with E-state index in [-0.39, 0.29) is 6.10 Å². The predicted molar refractivity (Wildman–Crippen MR) is 206 cm³/mol. The first kappa shape index (κ1) is 39.5. The fourth-order valence-electron chi connectivity index (χ4n) is 7.22. The molecule has 3 aromatic rings. The van der Waals surface area contributed by atoms with Gasteiger partial charge in [0.1, 0.15) is 0 Å². The molecule has 0 heterocycles. The fourth-order valence-corrected chi connectivity index (χ4v) is 7.22. The minimum atomic E-state index is -0.861. The monoisotopic (exact) mass is 655 g/mol. The Morgan fingerprint density at radius 1 is 0.604 bits per heavy atom. The molecule has 0 amide bonds. The first-order valence-electron chi connectivity index (χ1n) is 19.7. The summed E-state index contributed by atoms with van der Waals surface area (Å²) in [4.78, 5) is 12.7. The number of carboxylic acids is 1. The molecule has 1 N–H and O–H groups in total. The van der Waals surface area contributed by atoms with Crippen LogP contribution >= 0.6 is 0 Å². The lowest BCUT2D eigenvalue weighted by Gasteiger charge is -2.26. The van der Waals surface area contributed by atoms with Crippen molar-refractivity contribution in [2.24, 2.45) is 0 Å². The van der Waals surface area contributed by atoms with E-state index in [0.29, 0.717) is 11.5 Å². The minimum Gasteiger partial charge on any atom is -0.478 e. The Morgan fingerprint density at radius 3 is 1.73 bits per heavy atom. The third kappa shape index (κ3) is 13.2. The van der Waals surface area contributed by atoms with Crippen LogP contribution < -0.4 is 0 Å². The molecule has 3 rings (SSSR count). The van der Waals surface area contributed by atoms with Crippen LogP contribution in [0.2, 0.25) is 0 Å². The van der Waals surface area contributed by atoms with E-state index in [9.17, 15) is 9.90 Å². The maximum Gasteiger partial charge on any atom is 0.336 e. The average molecular weight is 655 g/mol. The molecular formula is C45H66O3. The molecular weight excluding hydrogens is 588 g/mol. The van der Waals surface area contributed by atoms with E-state index < -0.39 is 5.97 Å². The van der Waals surface area contributed by atoms with Crippen molar-refractivity contribution in [2.45, 2.75) is 162 Å². The van der Waals surface area contributed by atoms with Crippen LogP contribution in [0.4, 0.5) is 0 Å². The Labute approximate surface area is 293 Å². The summed E-state index contributed by atoms with van der Waals surface area (Å²) in [5.41, 5.74) is 6.98. The van der Waals surface area contributed by atoms with Gasteiger partial charge >= 0.3 is 5.97 Å². The second-order valence-electron chi connectivity index (χ2n) is 14.0. The number of hydrogen-bond donors (Lipinski definition) is 1. The van der Waals surface area contributed by atoms with Crippen molar-refractivity contribution in [1.29, 1.82) is 0 Å². The molecule has 0 bridgehead atoms. The van der Waals surface area contributed by atoms with E-state index in [1.165, 1.54) is 107 Å². The van der Waals surface area contributed by atoms with Gasteiger partial charge in [-0.2, -0.15) is 0 Å². The Balaban J connectivity index is 1.76. The van der Waals surface area contributed by atoms with E-state index in [1.807, 2.05) is 24.3 Å². The Bertz CT molecular complexity index is 1280. The summed E-state index contributed by atoms with van der Waals surface area (Å²) in [6, 6.07) is 22.9. The molecule has 264 valence electrons. The number of aromatic carboxylic acids is 1. The second-order valence-corrected chi connectivity index (χ2v) is 14.0. The number of carbonyl (C=O) groups is 1. The third-order valence-corrected chi connectivity index (χ3v) is 10.0. The molecule has 0 saturated carbocycles. The molecule has 2 unspecified atom stereocenters. The summed E-state index contributed by atoms with van der Waals surface area (Å²) in [7, 11) is 0. The van der Waals surface area contributed by atoms with Gasteiger partial charge in [-0.05, 0) is 66.0 Å². The van der Waals surface area contributed by atoms with Crippen molar-refractivity contribution in [1.82, 2.24) is 0 Å². The second kappa shape index (κ2) is 23.4. The zero-order valence-electron chi connectivity index (χ0n) is 30.9. The van der Waals surface area contributed by atoms with Gasteiger partial charge in [0.15, 0.2) is 0 Å². The Morgan fingerprint density at radius 2 is 1.17 bits per heavy atom. The highest BCUT2D eigenvalue weighted by atomic mass is 16.5. The number of hydrogen-bond acceptors (Lipinski definition) is 2. The lowest BCUT2D eigenvalue weighted by Crippen LogP contribution is -2.09. The first-order valence-corrected chi connectivity index (χ1v) is 19.7. The maximum absolute atomic E-state index is 12.7. The summed E-state index contributed by atoms with van der Waals surface area (Å²) < 4.78 is 6.27. The van der Waals surface area contributed by atoms with Crippen LogP contribution in [0.5, 0.6) is 0 Å². The standard InChI is InChI=1S/C45H66O3/c1-5-8-10-12-14-15-16-17-19-24-35-48-36(4)37-29-31-38(32-30-37)41-33-34-42(45(46)47)44(40-27-22-20-23-28-40)43(41)39(25-7-3)26-21-18-13-11-9-6-2/h20,22-23,27-34,36,39H,5-19,21,24-26,35H2,1-4H3,(H,46,47). The number of rotatable bonds is 26. The largest absolute Gasteiger partial charge is 0.478 e. The summed E-state index contributed by atoms with van der Waals surface area (Å²) in [6.07, 6.45) is 24.1. The van der Waals surface area contributed by atoms with E-state index in [2.05, 4.69) is 70.2 Å². The van der Waals surface area contributed by atoms with Crippen LogP contribution in [0.1, 0.15) is 183 Å². The van der Waals surface area contributed by atoms with Crippen molar-refractivity contribution in [3.05, 3.63) is 83.4 Å². The van der Waals surface area contributed by atoms with Gasteiger partial charge in [-0.25, -0.2) is 4.79 Å². The molecule has 0 aliphatic carbocycles. The maximum atomic E-state index is 12.7. The molecule has 0 radical (unpaired) electrons. The predicted octanol–water partition coefficient (Wildman–Crippen LogP) is 14.4. The Kier molecular flexibility index (Phi) is 19.3. The molecule has 0 saturated heterocycles. The van der Waals surface area contributed by atoms with E-state index in [1.54, 1.807) is 0 Å². The first-order chi connectivity index (χ1) is 23.5. The molecule has 0 spiro atoms. The van der Waals surface area contributed by atoms with Crippen molar-refractivity contribution >= 4 is 5.97 Å². The number of benzene rings is 3. The molecule has 3 heteroatoms. The number of unbranched alkanes of at least 4 members (excludes halogenated alkanes) is 14. The molecule has 3 aromatic carbocycles. The highest BCUT2D eigenvalue weighted by Gasteiger charge is 2.25. The molecule has 3 nitrogen and oxygen atoms in total. The van der Waals surface area contributed by atoms with Gasteiger partial charge in [0.25, 0.3) is 0 Å². The molecule has 48 heavy (non-hydrogen) atoms. The van der Waals surface area contributed by atoms with Crippen molar-refractivity contribution in [2.75, 3.05) is 6.61 Å². The van der Waals surface area contributed by atoms with Crippen LogP contribution in [0.15, 0.2) is 66.7 Å². The van der Waals surface area contributed by atoms with Crippen LogP contribution in [-0.4, -0.2) is 17.7 Å². The summed E-state index contributed by atoms with van der Waals surface area (Å²) in [5.74, 6) is -0.561. The molecule has 0 aliphatic heterocycles. The Hall–Kier alpha value is -2.91. The van der Waals surface area contributed by atoms with Gasteiger partial charge in [-0.15, -0.1) is 0 Å². The number of carboxylic acid groups (broad SMARTS) is 1. The van der Waals surface area contributed by atoms with Crippen LogP contribution in [0, 0.1) is 0 Å². The third-order valence-electron chi connectivity index (χ3n) is 10.0. The van der Waals surface area contributed by atoms with Crippen LogP contribution in [0.3, 0.4) is 0 Å². The smallest absolute Gasteiger partial charge is 0.336 e. The highest BCUT2D eigenvalue weighted by Crippen LogP contribution is 2.43. The van der Waals surface area contributed by atoms with Crippen molar-refractivity contribution < 1.29 is 14.6 Å². The summed E-state index contributed by atoms with van der Waals surface area (Å²) >= 11 is 0. The van der Waals surface area contributed by atoms with E-state index >= 15 is 0 Å². The van der Waals surface area contributed by atoms with Gasteiger partial charge in [0.05, 0.1) is 11.7 Å². The van der Waals surface area contributed by atoms with E-state index in [4.69, 9.17) is 4.74 Å². The normalized spacial score (nSPS) is 12.7. The van der Waals surface area contributed by atoms with Gasteiger partial charge < -0.3 is 9.84 Å². The minimum absolute atomic E-state index is 0.0481. The van der Waals surface area contributed by atoms with Crippen LogP contribution in [-0.2, 0) is 4.74 Å². The molecule has 2 atom stereocenters. The van der Waals surface area contributed by atoms with Crippen molar-refractivity contribution in [3.8, 4) is 22.3 Å². The lowest BCUT2D eigenvalue weighted by molar-refractivity contribution is 0.0627. The average Bonchev–Trinajstić information content (AvgIpc) is 3.11. The van der Waals surface area contributed by atoms with E-state index in [0.717, 1.165) is 54.5 Å². The zero-order valence-corrected chi connectivity index (χ0v) is 30.9. The SMILES string of the molecule is CCCCCCCCCCCCOC(C)c1ccc(-c2ccc(C(=O)O)c(-c3ccccc3)c2C(CCC)CCCCCCCC)cc1. The van der Waals surface area contributed by atoms with Crippen molar-refractivity contribution in [3.63, 3.8) is 0 Å². The van der Waals surface area contributed by atoms with Gasteiger partial charge in [-0.1, -0.05) is 184 Å². The summed E-state index contributed by atoms with van der Waals surface area (Å²) in [6.45, 7) is 9.75. The summed E-state index contributed by atoms with van der Waals surface area (Å²) in [5, 5.41) is 10.4. The topological polar surface area (TPSA) is 46.5 Å².